The maximum Gasteiger partial charge on any atom is 0.261 e. The lowest BCUT2D eigenvalue weighted by atomic mass is 10.1. The van der Waals surface area contributed by atoms with E-state index in [-0.39, 0.29) is 17.1 Å². The number of aromatic nitrogens is 1. The number of ether oxygens (including phenoxy) is 1. The van der Waals surface area contributed by atoms with E-state index in [4.69, 9.17) is 15.4 Å². The largest absolute Gasteiger partial charge is 0.497 e. The Balaban J connectivity index is 2.60. The van der Waals surface area contributed by atoms with E-state index in [9.17, 15) is 4.79 Å². The van der Waals surface area contributed by atoms with Crippen LogP contribution in [0.4, 0.5) is 0 Å². The van der Waals surface area contributed by atoms with Gasteiger partial charge in [0.25, 0.3) is 11.5 Å². The van der Waals surface area contributed by atoms with Gasteiger partial charge in [-0.15, -0.1) is 0 Å². The fraction of sp³-hybridized carbons (Fsp3) is 0.150. The van der Waals surface area contributed by atoms with E-state index in [0.29, 0.717) is 11.3 Å². The summed E-state index contributed by atoms with van der Waals surface area (Å²) in [5.41, 5.74) is 2.66. The van der Waals surface area contributed by atoms with E-state index < -0.39 is 0 Å². The van der Waals surface area contributed by atoms with Gasteiger partial charge in [0.1, 0.15) is 17.4 Å². The van der Waals surface area contributed by atoms with Crippen molar-refractivity contribution in [2.75, 3.05) is 7.11 Å². The standard InChI is InChI=1S/C20H18N3O2/c1-14-8-15(2)13-23(12-14)19(9-16(10-21)11-22)20(24)17-4-6-18(25-3)7-5-17/h4-9,12-13,21H,1-3H3/q+1/b19-9-. The third kappa shape index (κ3) is 4.29. The predicted molar refractivity (Wildman–Crippen MR) is 94.6 cm³/mol. The molecule has 1 heterocycles. The average molecular weight is 332 g/mol. The number of nitrogens with zero attached hydrogens (tertiary/aromatic N) is 2. The molecule has 0 aliphatic carbocycles. The summed E-state index contributed by atoms with van der Waals surface area (Å²) in [6.07, 6.45) is 4.98. The van der Waals surface area contributed by atoms with E-state index in [1.165, 1.54) is 6.08 Å². The summed E-state index contributed by atoms with van der Waals surface area (Å²) in [6, 6.07) is 10.6. The molecule has 5 nitrogen and oxygen atoms in total. The van der Waals surface area contributed by atoms with E-state index in [1.807, 2.05) is 31.9 Å². The molecule has 0 fully saturated rings. The first-order valence-corrected chi connectivity index (χ1v) is 7.58. The molecular weight excluding hydrogens is 314 g/mol. The minimum Gasteiger partial charge on any atom is -0.497 e. The van der Waals surface area contributed by atoms with Crippen molar-refractivity contribution in [1.29, 1.82) is 10.7 Å². The SMILES string of the molecule is COc1ccc(C(=O)/C(=C/C(=C=N)C#N)[n+]2cc(C)cc(C)c2)cc1. The van der Waals surface area contributed by atoms with Crippen LogP contribution in [0.5, 0.6) is 5.75 Å². The zero-order valence-electron chi connectivity index (χ0n) is 14.3. The Hall–Kier alpha value is -3.48. The van der Waals surface area contributed by atoms with E-state index in [2.05, 4.69) is 0 Å². The fourth-order valence-corrected chi connectivity index (χ4v) is 2.43. The van der Waals surface area contributed by atoms with Crippen molar-refractivity contribution in [2.24, 2.45) is 0 Å². The number of rotatable bonds is 5. The molecule has 1 aromatic carbocycles. The van der Waals surface area contributed by atoms with Gasteiger partial charge >= 0.3 is 0 Å². The van der Waals surface area contributed by atoms with Crippen LogP contribution in [0.3, 0.4) is 0 Å². The normalized spacial score (nSPS) is 10.6. The Labute approximate surface area is 146 Å². The van der Waals surface area contributed by atoms with E-state index in [0.717, 1.165) is 11.1 Å². The molecule has 5 heteroatoms. The summed E-state index contributed by atoms with van der Waals surface area (Å²) in [4.78, 5) is 13.0. The van der Waals surface area contributed by atoms with Gasteiger partial charge in [-0.05, 0) is 50.0 Å². The molecular formula is C20H18N3O2+. The van der Waals surface area contributed by atoms with Gasteiger partial charge in [0.15, 0.2) is 12.4 Å². The van der Waals surface area contributed by atoms with Crippen LogP contribution in [0.1, 0.15) is 21.5 Å². The van der Waals surface area contributed by atoms with Crippen LogP contribution in [-0.2, 0) is 0 Å². The van der Waals surface area contributed by atoms with Gasteiger partial charge in [0, 0.05) is 22.8 Å². The third-order valence-corrected chi connectivity index (χ3v) is 3.54. The predicted octanol–water partition coefficient (Wildman–Crippen LogP) is 3.02. The Morgan fingerprint density at radius 2 is 1.80 bits per heavy atom. The highest BCUT2D eigenvalue weighted by Gasteiger charge is 2.23. The Morgan fingerprint density at radius 3 is 2.28 bits per heavy atom. The number of Topliss-reactive ketones (excluding diaryl/α,β-unsaturated/α-hetero) is 1. The molecule has 1 aromatic heterocycles. The first-order valence-electron chi connectivity index (χ1n) is 7.58. The smallest absolute Gasteiger partial charge is 0.261 e. The summed E-state index contributed by atoms with van der Waals surface area (Å²) in [7, 11) is 1.56. The number of hydrogen-bond donors (Lipinski definition) is 1. The molecule has 2 aromatic rings. The van der Waals surface area contributed by atoms with Crippen LogP contribution in [0.15, 0.2) is 54.4 Å². The van der Waals surface area contributed by atoms with Crippen molar-refractivity contribution in [3.8, 4) is 11.8 Å². The molecule has 0 saturated carbocycles. The van der Waals surface area contributed by atoms with Gasteiger partial charge in [-0.25, -0.2) is 0 Å². The molecule has 2 rings (SSSR count). The average Bonchev–Trinajstić information content (AvgIpc) is 2.61. The Bertz CT molecular complexity index is 908. The second-order valence-corrected chi connectivity index (χ2v) is 5.54. The number of methoxy groups -OCH3 is 1. The zero-order chi connectivity index (χ0) is 18.4. The van der Waals surface area contributed by atoms with Gasteiger partial charge in [-0.1, -0.05) is 0 Å². The number of benzene rings is 1. The number of hydrogen-bond acceptors (Lipinski definition) is 4. The summed E-state index contributed by atoms with van der Waals surface area (Å²) >= 11 is 0. The quantitative estimate of drug-likeness (QED) is 0.228. The molecule has 0 spiro atoms. The topological polar surface area (TPSA) is 77.8 Å². The van der Waals surface area contributed by atoms with Crippen molar-refractivity contribution in [1.82, 2.24) is 0 Å². The summed E-state index contributed by atoms with van der Waals surface area (Å²) in [5, 5.41) is 16.3. The van der Waals surface area contributed by atoms with Gasteiger partial charge in [-0.3, -0.25) is 10.2 Å². The van der Waals surface area contributed by atoms with Crippen LogP contribution >= 0.6 is 0 Å². The van der Waals surface area contributed by atoms with Crippen molar-refractivity contribution in [2.45, 2.75) is 13.8 Å². The molecule has 0 atom stereocenters. The third-order valence-electron chi connectivity index (χ3n) is 3.54. The minimum absolute atomic E-state index is 0.0245. The molecule has 1 N–H and O–H groups in total. The van der Waals surface area contributed by atoms with Gasteiger partial charge in [0.05, 0.1) is 7.11 Å². The first kappa shape index (κ1) is 17.9. The number of pyridine rings is 1. The lowest BCUT2D eigenvalue weighted by Crippen LogP contribution is -2.36. The number of aryl methyl sites for hydroxylation is 2. The summed E-state index contributed by atoms with van der Waals surface area (Å²) in [5.74, 6) is 2.44. The van der Waals surface area contributed by atoms with Crippen LogP contribution in [0, 0.1) is 30.6 Å². The molecule has 25 heavy (non-hydrogen) atoms. The number of nitriles is 1. The number of ketones is 1. The molecule has 0 bridgehead atoms. The highest BCUT2D eigenvalue weighted by molar-refractivity contribution is 6.22. The minimum atomic E-state index is -0.263. The second-order valence-electron chi connectivity index (χ2n) is 5.54. The summed E-state index contributed by atoms with van der Waals surface area (Å²) in [6.45, 7) is 3.85. The molecule has 0 saturated heterocycles. The van der Waals surface area contributed by atoms with E-state index in [1.54, 1.807) is 48.3 Å². The van der Waals surface area contributed by atoms with Crippen molar-refractivity contribution in [3.05, 3.63) is 71.1 Å². The fourth-order valence-electron chi connectivity index (χ4n) is 2.43. The molecule has 0 unspecified atom stereocenters. The van der Waals surface area contributed by atoms with Crippen LogP contribution in [-0.4, -0.2) is 18.8 Å². The van der Waals surface area contributed by atoms with E-state index >= 15 is 0 Å². The maximum absolute atomic E-state index is 13.0. The zero-order valence-corrected chi connectivity index (χ0v) is 14.3. The number of nitrogens with one attached hydrogen (secondary N) is 1. The Kier molecular flexibility index (Phi) is 5.62. The number of carbonyl (C=O) groups excluding carboxylic acids is 1. The highest BCUT2D eigenvalue weighted by atomic mass is 16.5. The Morgan fingerprint density at radius 1 is 1.20 bits per heavy atom. The number of allylic oxidation sites excluding steroid dienone is 3. The van der Waals surface area contributed by atoms with Crippen LogP contribution in [0.2, 0.25) is 0 Å². The van der Waals surface area contributed by atoms with Crippen molar-refractivity contribution < 1.29 is 14.1 Å². The lowest BCUT2D eigenvalue weighted by molar-refractivity contribution is -0.577. The molecule has 0 aliphatic rings. The molecule has 124 valence electrons. The first-order chi connectivity index (χ1) is 12.0. The van der Waals surface area contributed by atoms with Crippen molar-refractivity contribution >= 4 is 17.4 Å². The van der Waals surface area contributed by atoms with Gasteiger partial charge in [-0.2, -0.15) is 9.83 Å². The summed E-state index contributed by atoms with van der Waals surface area (Å²) < 4.78 is 6.78. The van der Waals surface area contributed by atoms with Gasteiger partial charge in [0.2, 0.25) is 0 Å². The molecule has 0 radical (unpaired) electrons. The lowest BCUT2D eigenvalue weighted by Gasteiger charge is -2.05. The second kappa shape index (κ2) is 7.87. The van der Waals surface area contributed by atoms with Gasteiger partial charge < -0.3 is 4.74 Å². The molecule has 0 amide bonds. The monoisotopic (exact) mass is 332 g/mol. The highest BCUT2D eigenvalue weighted by Crippen LogP contribution is 2.16. The van der Waals surface area contributed by atoms with Crippen LogP contribution in [0.25, 0.3) is 5.70 Å². The van der Waals surface area contributed by atoms with Crippen LogP contribution < -0.4 is 9.30 Å². The maximum atomic E-state index is 13.0. The van der Waals surface area contributed by atoms with Crippen molar-refractivity contribution in [3.63, 3.8) is 0 Å². The molecule has 0 aliphatic heterocycles. The number of carbonyl (C=O) groups is 1.